The Hall–Kier alpha value is -3.38. The molecule has 1 unspecified atom stereocenters. The molecule has 11 nitrogen and oxygen atoms in total. The molecule has 158 valence electrons. The van der Waals surface area contributed by atoms with E-state index in [1.165, 1.54) is 28.7 Å². The molecule has 0 aliphatic carbocycles. The molecule has 1 saturated heterocycles. The van der Waals surface area contributed by atoms with Gasteiger partial charge in [-0.15, -0.1) is 0 Å². The molecule has 0 saturated carbocycles. The number of fused-ring (bicyclic) bond motifs is 3. The summed E-state index contributed by atoms with van der Waals surface area (Å²) in [5.41, 5.74) is 5.21. The second-order valence-corrected chi connectivity index (χ2v) is 8.97. The minimum Gasteiger partial charge on any atom is -0.449 e. The first-order valence-corrected chi connectivity index (χ1v) is 10.5. The van der Waals surface area contributed by atoms with Gasteiger partial charge in [-0.1, -0.05) is 0 Å². The number of hydrogen-bond donors (Lipinski definition) is 4. The number of ether oxygens (including phenoxy) is 1. The van der Waals surface area contributed by atoms with Crippen LogP contribution in [0.15, 0.2) is 34.1 Å². The van der Waals surface area contributed by atoms with Crippen LogP contribution in [0.5, 0.6) is 5.75 Å². The van der Waals surface area contributed by atoms with Gasteiger partial charge in [-0.2, -0.15) is 4.31 Å². The van der Waals surface area contributed by atoms with Gasteiger partial charge in [0.1, 0.15) is 5.52 Å². The van der Waals surface area contributed by atoms with Crippen LogP contribution in [0, 0.1) is 5.92 Å². The Balaban J connectivity index is 1.86. The van der Waals surface area contributed by atoms with E-state index < -0.39 is 33.6 Å². The lowest BCUT2D eigenvalue weighted by molar-refractivity contribution is -0.122. The van der Waals surface area contributed by atoms with Gasteiger partial charge in [0.15, 0.2) is 5.75 Å². The van der Waals surface area contributed by atoms with Crippen molar-refractivity contribution in [3.05, 3.63) is 34.7 Å². The molecule has 0 bridgehead atoms. The molecule has 1 fully saturated rings. The summed E-state index contributed by atoms with van der Waals surface area (Å²) in [5.74, 6) is -1.22. The zero-order valence-corrected chi connectivity index (χ0v) is 16.4. The van der Waals surface area contributed by atoms with Crippen molar-refractivity contribution in [2.75, 3.05) is 13.1 Å². The predicted molar refractivity (Wildman–Crippen MR) is 106 cm³/mol. The van der Waals surface area contributed by atoms with Crippen molar-refractivity contribution in [2.45, 2.75) is 17.7 Å². The van der Waals surface area contributed by atoms with Crippen LogP contribution < -0.4 is 16.0 Å². The molecular weight excluding hydrogens is 416 g/mol. The highest BCUT2D eigenvalue weighted by molar-refractivity contribution is 7.89. The number of carbonyl (C=O) groups excluding carboxylic acids is 1. The maximum Gasteiger partial charge on any atom is 0.511 e. The monoisotopic (exact) mass is 434 g/mol. The number of carboxylic acid groups (broad SMARTS) is 1. The molecular formula is C18H18N4O7S. The highest BCUT2D eigenvalue weighted by Gasteiger charge is 2.32. The minimum atomic E-state index is -3.95. The summed E-state index contributed by atoms with van der Waals surface area (Å²) < 4.78 is 32.3. The number of carbonyl (C=O) groups is 2. The number of hydrogen-bond acceptors (Lipinski definition) is 6. The number of nitrogens with two attached hydrogens (primary N) is 1. The van der Waals surface area contributed by atoms with Crippen LogP contribution in [0.3, 0.4) is 0 Å². The third kappa shape index (κ3) is 3.29. The Morgan fingerprint density at radius 2 is 2.07 bits per heavy atom. The number of piperidine rings is 1. The van der Waals surface area contributed by atoms with E-state index in [2.05, 4.69) is 9.97 Å². The lowest BCUT2D eigenvalue weighted by atomic mass is 9.99. The van der Waals surface area contributed by atoms with E-state index in [0.717, 1.165) is 0 Å². The molecule has 1 atom stereocenters. The third-order valence-corrected chi connectivity index (χ3v) is 7.06. The minimum absolute atomic E-state index is 0.00569. The molecule has 30 heavy (non-hydrogen) atoms. The van der Waals surface area contributed by atoms with Crippen LogP contribution in [0.1, 0.15) is 12.8 Å². The number of aromatic nitrogens is 2. The van der Waals surface area contributed by atoms with Crippen molar-refractivity contribution in [3.8, 4) is 5.75 Å². The maximum absolute atomic E-state index is 13.2. The van der Waals surface area contributed by atoms with Crippen LogP contribution in [-0.2, 0) is 14.8 Å². The van der Waals surface area contributed by atoms with Crippen molar-refractivity contribution in [1.29, 1.82) is 0 Å². The first kappa shape index (κ1) is 19.9. The van der Waals surface area contributed by atoms with Gasteiger partial charge in [-0.25, -0.2) is 13.2 Å². The molecule has 1 aromatic carbocycles. The SMILES string of the molecule is NC(=O)C1CCCN(S(=O)(=O)c2ccc3[nH]c(=O)c4[nH]cc(OC(=O)O)c4c3c2)C1. The zero-order chi connectivity index (χ0) is 21.6. The number of rotatable bonds is 4. The molecule has 3 heterocycles. The van der Waals surface area contributed by atoms with E-state index in [0.29, 0.717) is 23.7 Å². The summed E-state index contributed by atoms with van der Waals surface area (Å²) in [7, 11) is -3.95. The van der Waals surface area contributed by atoms with Crippen LogP contribution in [-0.4, -0.2) is 52.9 Å². The van der Waals surface area contributed by atoms with Gasteiger partial charge in [0.2, 0.25) is 15.9 Å². The van der Waals surface area contributed by atoms with Crippen molar-refractivity contribution >= 4 is 43.9 Å². The van der Waals surface area contributed by atoms with E-state index in [1.807, 2.05) is 0 Å². The lowest BCUT2D eigenvalue weighted by Gasteiger charge is -2.30. The van der Waals surface area contributed by atoms with Crippen LogP contribution >= 0.6 is 0 Å². The molecule has 12 heteroatoms. The smallest absolute Gasteiger partial charge is 0.449 e. The van der Waals surface area contributed by atoms with E-state index in [-0.39, 0.29) is 34.6 Å². The molecule has 1 amide bonds. The average Bonchev–Trinajstić information content (AvgIpc) is 3.12. The summed E-state index contributed by atoms with van der Waals surface area (Å²) in [6.07, 6.45) is 0.683. The molecule has 3 aromatic rings. The fourth-order valence-corrected chi connectivity index (χ4v) is 5.30. The number of nitrogens with zero attached hydrogens (tertiary/aromatic N) is 1. The summed E-state index contributed by atoms with van der Waals surface area (Å²) >= 11 is 0. The summed E-state index contributed by atoms with van der Waals surface area (Å²) in [5, 5.41) is 9.40. The van der Waals surface area contributed by atoms with Crippen molar-refractivity contribution < 1.29 is 27.9 Å². The first-order chi connectivity index (χ1) is 14.2. The summed E-state index contributed by atoms with van der Waals surface area (Å²) in [4.78, 5) is 40.0. The lowest BCUT2D eigenvalue weighted by Crippen LogP contribution is -2.44. The Morgan fingerprint density at radius 1 is 1.30 bits per heavy atom. The van der Waals surface area contributed by atoms with Gasteiger partial charge in [-0.3, -0.25) is 9.59 Å². The van der Waals surface area contributed by atoms with Gasteiger partial charge in [-0.05, 0) is 31.0 Å². The van der Waals surface area contributed by atoms with Crippen molar-refractivity contribution in [1.82, 2.24) is 14.3 Å². The van der Waals surface area contributed by atoms with Crippen LogP contribution in [0.25, 0.3) is 21.8 Å². The molecule has 0 spiro atoms. The van der Waals surface area contributed by atoms with Gasteiger partial charge in [0.25, 0.3) is 5.56 Å². The Kier molecular flexibility index (Phi) is 4.74. The molecule has 0 radical (unpaired) electrons. The highest BCUT2D eigenvalue weighted by atomic mass is 32.2. The number of pyridine rings is 1. The topological polar surface area (TPSA) is 176 Å². The number of H-pyrrole nitrogens is 2. The van der Waals surface area contributed by atoms with E-state index in [4.69, 9.17) is 15.6 Å². The zero-order valence-electron chi connectivity index (χ0n) is 15.5. The van der Waals surface area contributed by atoms with Gasteiger partial charge >= 0.3 is 6.16 Å². The quantitative estimate of drug-likeness (QED) is 0.442. The Bertz CT molecular complexity index is 1340. The fourth-order valence-electron chi connectivity index (χ4n) is 3.75. The predicted octanol–water partition coefficient (Wildman–Crippen LogP) is 0.952. The number of primary amides is 1. The second-order valence-electron chi connectivity index (χ2n) is 7.04. The molecule has 2 aromatic heterocycles. The molecule has 1 aliphatic heterocycles. The fraction of sp³-hybridized carbons (Fsp3) is 0.278. The highest BCUT2D eigenvalue weighted by Crippen LogP contribution is 2.33. The van der Waals surface area contributed by atoms with E-state index >= 15 is 0 Å². The third-order valence-electron chi connectivity index (χ3n) is 5.20. The van der Waals surface area contributed by atoms with E-state index in [1.54, 1.807) is 0 Å². The summed E-state index contributed by atoms with van der Waals surface area (Å²) in [6.45, 7) is 0.247. The van der Waals surface area contributed by atoms with Gasteiger partial charge < -0.3 is 25.5 Å². The number of amides is 1. The normalized spacial score (nSPS) is 17.9. The van der Waals surface area contributed by atoms with Crippen LogP contribution in [0.2, 0.25) is 0 Å². The number of sulfonamides is 1. The summed E-state index contributed by atoms with van der Waals surface area (Å²) in [6, 6.07) is 4.12. The Labute approximate surface area is 169 Å². The largest absolute Gasteiger partial charge is 0.511 e. The molecule has 1 aliphatic rings. The maximum atomic E-state index is 13.2. The standard InChI is InChI=1S/C18H18N4O7S/c19-16(23)9-2-1-5-22(8-9)30(27,28)10-3-4-12-11(6-10)14-13(29-18(25)26)7-20-15(14)17(24)21-12/h3-4,6-7,9,20H,1-2,5,8H2,(H2,19,23)(H,21,24)(H,25,26). The molecule has 5 N–H and O–H groups in total. The second kappa shape index (κ2) is 7.15. The number of nitrogens with one attached hydrogen (secondary N) is 2. The van der Waals surface area contributed by atoms with E-state index in [9.17, 15) is 22.8 Å². The Morgan fingerprint density at radius 3 is 2.77 bits per heavy atom. The van der Waals surface area contributed by atoms with Crippen molar-refractivity contribution in [2.24, 2.45) is 11.7 Å². The average molecular weight is 434 g/mol. The van der Waals surface area contributed by atoms with Crippen LogP contribution in [0.4, 0.5) is 4.79 Å². The molecule has 4 rings (SSSR count). The van der Waals surface area contributed by atoms with Crippen molar-refractivity contribution in [3.63, 3.8) is 0 Å². The number of aromatic amines is 2. The van der Waals surface area contributed by atoms with Gasteiger partial charge in [0, 0.05) is 30.2 Å². The van der Waals surface area contributed by atoms with Gasteiger partial charge in [0.05, 0.1) is 16.2 Å². The number of benzene rings is 1. The first-order valence-electron chi connectivity index (χ1n) is 9.06.